The van der Waals surface area contributed by atoms with Gasteiger partial charge in [0.1, 0.15) is 11.8 Å². The summed E-state index contributed by atoms with van der Waals surface area (Å²) in [6, 6.07) is 22.8. The van der Waals surface area contributed by atoms with Crippen molar-refractivity contribution in [1.29, 1.82) is 0 Å². The second-order valence-electron chi connectivity index (χ2n) is 8.98. The summed E-state index contributed by atoms with van der Waals surface area (Å²) in [5.41, 5.74) is 4.04. The molecule has 0 saturated heterocycles. The Morgan fingerprint density at radius 3 is 2.36 bits per heavy atom. The van der Waals surface area contributed by atoms with Crippen LogP contribution in [-0.2, 0) is 22.6 Å². The molecule has 6 heteroatoms. The van der Waals surface area contributed by atoms with Crippen LogP contribution >= 0.6 is 15.9 Å². The van der Waals surface area contributed by atoms with Crippen LogP contribution in [0.2, 0.25) is 0 Å². The molecule has 0 aliphatic rings. The van der Waals surface area contributed by atoms with Gasteiger partial charge in [-0.15, -0.1) is 0 Å². The Labute approximate surface area is 223 Å². The average molecular weight is 552 g/mol. The van der Waals surface area contributed by atoms with Gasteiger partial charge in [0, 0.05) is 24.0 Å². The summed E-state index contributed by atoms with van der Waals surface area (Å²) >= 11 is 3.47. The molecule has 0 fully saturated rings. The average Bonchev–Trinajstić information content (AvgIpc) is 2.88. The van der Waals surface area contributed by atoms with Gasteiger partial charge in [0.05, 0.1) is 0 Å². The van der Waals surface area contributed by atoms with E-state index in [4.69, 9.17) is 4.74 Å². The molecule has 1 atom stereocenters. The van der Waals surface area contributed by atoms with Crippen molar-refractivity contribution in [3.8, 4) is 5.75 Å². The number of carbonyl (C=O) groups excluding carboxylic acids is 2. The van der Waals surface area contributed by atoms with Crippen LogP contribution in [0.5, 0.6) is 5.75 Å². The number of carbonyl (C=O) groups is 2. The van der Waals surface area contributed by atoms with Gasteiger partial charge in [0.2, 0.25) is 5.91 Å². The van der Waals surface area contributed by atoms with Crippen molar-refractivity contribution < 1.29 is 14.3 Å². The van der Waals surface area contributed by atoms with Gasteiger partial charge in [0.15, 0.2) is 6.61 Å². The first-order chi connectivity index (χ1) is 17.4. The number of hydrogen-bond donors (Lipinski definition) is 1. The second-order valence-corrected chi connectivity index (χ2v) is 9.90. The van der Waals surface area contributed by atoms with Gasteiger partial charge in [-0.2, -0.15) is 0 Å². The number of nitrogens with one attached hydrogen (secondary N) is 1. The van der Waals surface area contributed by atoms with E-state index in [1.807, 2.05) is 86.6 Å². The third-order valence-electron chi connectivity index (χ3n) is 6.27. The Kier molecular flexibility index (Phi) is 10.6. The zero-order chi connectivity index (χ0) is 25.9. The van der Waals surface area contributed by atoms with E-state index in [-0.39, 0.29) is 18.4 Å². The SMILES string of the molecule is CCCCNC(=O)[C@H](Cc1ccccc1)N(Cc1ccc(Br)cc1)C(=O)COc1cccc(C)c1C. The van der Waals surface area contributed by atoms with E-state index >= 15 is 0 Å². The van der Waals surface area contributed by atoms with Gasteiger partial charge in [-0.05, 0) is 60.7 Å². The largest absolute Gasteiger partial charge is 0.483 e. The number of halogens is 1. The molecule has 0 unspecified atom stereocenters. The van der Waals surface area contributed by atoms with Crippen molar-refractivity contribution in [1.82, 2.24) is 10.2 Å². The lowest BCUT2D eigenvalue weighted by Gasteiger charge is -2.31. The molecule has 0 heterocycles. The smallest absolute Gasteiger partial charge is 0.261 e. The maximum atomic E-state index is 13.7. The molecule has 5 nitrogen and oxygen atoms in total. The van der Waals surface area contributed by atoms with Crippen LogP contribution in [0, 0.1) is 13.8 Å². The van der Waals surface area contributed by atoms with Crippen molar-refractivity contribution in [2.45, 2.75) is 52.6 Å². The first-order valence-corrected chi connectivity index (χ1v) is 13.2. The fourth-order valence-corrected chi connectivity index (χ4v) is 4.21. The summed E-state index contributed by atoms with van der Waals surface area (Å²) in [6.07, 6.45) is 2.29. The number of rotatable bonds is 12. The second kappa shape index (κ2) is 13.8. The van der Waals surface area contributed by atoms with Crippen molar-refractivity contribution in [2.24, 2.45) is 0 Å². The molecule has 0 aromatic heterocycles. The van der Waals surface area contributed by atoms with Gasteiger partial charge in [0.25, 0.3) is 5.91 Å². The third-order valence-corrected chi connectivity index (χ3v) is 6.80. The predicted octanol–water partition coefficient (Wildman–Crippen LogP) is 6.00. The third kappa shape index (κ3) is 7.95. The zero-order valence-electron chi connectivity index (χ0n) is 21.3. The van der Waals surface area contributed by atoms with Gasteiger partial charge < -0.3 is 15.0 Å². The predicted molar refractivity (Wildman–Crippen MR) is 148 cm³/mol. The van der Waals surface area contributed by atoms with Crippen LogP contribution in [0.4, 0.5) is 0 Å². The lowest BCUT2D eigenvalue weighted by Crippen LogP contribution is -2.51. The molecule has 0 spiro atoms. The molecule has 190 valence electrons. The molecule has 3 rings (SSSR count). The van der Waals surface area contributed by atoms with Crippen LogP contribution in [-0.4, -0.2) is 35.9 Å². The van der Waals surface area contributed by atoms with Gasteiger partial charge in [-0.25, -0.2) is 0 Å². The van der Waals surface area contributed by atoms with E-state index in [1.165, 1.54) is 0 Å². The summed E-state index contributed by atoms with van der Waals surface area (Å²) in [5.74, 6) is 0.300. The number of unbranched alkanes of at least 4 members (excludes halogenated alkanes) is 1. The van der Waals surface area contributed by atoms with Crippen molar-refractivity contribution in [3.63, 3.8) is 0 Å². The Bertz CT molecular complexity index is 1130. The Morgan fingerprint density at radius 2 is 1.67 bits per heavy atom. The Balaban J connectivity index is 1.89. The quantitative estimate of drug-likeness (QED) is 0.281. The minimum absolute atomic E-state index is 0.144. The van der Waals surface area contributed by atoms with Gasteiger partial charge in [-0.1, -0.05) is 83.9 Å². The molecule has 36 heavy (non-hydrogen) atoms. The molecule has 0 aliphatic carbocycles. The maximum Gasteiger partial charge on any atom is 0.261 e. The molecule has 0 radical (unpaired) electrons. The van der Waals surface area contributed by atoms with E-state index in [1.54, 1.807) is 4.90 Å². The molecule has 3 aromatic rings. The summed E-state index contributed by atoms with van der Waals surface area (Å²) < 4.78 is 6.92. The lowest BCUT2D eigenvalue weighted by atomic mass is 10.0. The van der Waals surface area contributed by atoms with Gasteiger partial charge >= 0.3 is 0 Å². The Morgan fingerprint density at radius 1 is 0.944 bits per heavy atom. The molecule has 0 bridgehead atoms. The first kappa shape index (κ1) is 27.5. The zero-order valence-corrected chi connectivity index (χ0v) is 22.9. The minimum Gasteiger partial charge on any atom is -0.483 e. The fraction of sp³-hybridized carbons (Fsp3) is 0.333. The number of nitrogens with zero attached hydrogens (tertiary/aromatic N) is 1. The standard InChI is InChI=1S/C30H35BrN2O3/c1-4-5-18-32-30(35)27(19-24-11-7-6-8-12-24)33(20-25-14-16-26(31)17-15-25)29(34)21-36-28-13-9-10-22(2)23(28)3/h6-17,27H,4-5,18-21H2,1-3H3,(H,32,35)/t27-/m0/s1. The summed E-state index contributed by atoms with van der Waals surface area (Å²) in [7, 11) is 0. The number of amides is 2. The highest BCUT2D eigenvalue weighted by molar-refractivity contribution is 9.10. The van der Waals surface area contributed by atoms with Crippen LogP contribution in [0.15, 0.2) is 77.3 Å². The highest BCUT2D eigenvalue weighted by Crippen LogP contribution is 2.22. The highest BCUT2D eigenvalue weighted by atomic mass is 79.9. The van der Waals surface area contributed by atoms with Crippen LogP contribution in [0.1, 0.15) is 42.0 Å². The van der Waals surface area contributed by atoms with E-state index < -0.39 is 6.04 Å². The summed E-state index contributed by atoms with van der Waals surface area (Å²) in [6.45, 7) is 6.82. The lowest BCUT2D eigenvalue weighted by molar-refractivity contribution is -0.142. The topological polar surface area (TPSA) is 58.6 Å². The van der Waals surface area contributed by atoms with Crippen molar-refractivity contribution in [3.05, 3.63) is 99.5 Å². The number of hydrogen-bond acceptors (Lipinski definition) is 3. The fourth-order valence-electron chi connectivity index (χ4n) is 3.95. The highest BCUT2D eigenvalue weighted by Gasteiger charge is 2.30. The van der Waals surface area contributed by atoms with Gasteiger partial charge in [-0.3, -0.25) is 9.59 Å². The van der Waals surface area contributed by atoms with E-state index in [2.05, 4.69) is 28.2 Å². The minimum atomic E-state index is -0.664. The molecular weight excluding hydrogens is 516 g/mol. The van der Waals surface area contributed by atoms with Crippen molar-refractivity contribution >= 4 is 27.7 Å². The van der Waals surface area contributed by atoms with Crippen LogP contribution in [0.25, 0.3) is 0 Å². The van der Waals surface area contributed by atoms with E-state index in [0.717, 1.165) is 39.6 Å². The number of aryl methyl sites for hydroxylation is 1. The summed E-state index contributed by atoms with van der Waals surface area (Å²) in [4.78, 5) is 28.7. The molecule has 1 N–H and O–H groups in total. The molecule has 0 saturated carbocycles. The van der Waals surface area contributed by atoms with E-state index in [9.17, 15) is 9.59 Å². The Hall–Kier alpha value is -3.12. The van der Waals surface area contributed by atoms with E-state index in [0.29, 0.717) is 25.3 Å². The molecule has 3 aromatic carbocycles. The van der Waals surface area contributed by atoms with Crippen LogP contribution < -0.4 is 10.1 Å². The molecule has 0 aliphatic heterocycles. The number of ether oxygens (including phenoxy) is 1. The van der Waals surface area contributed by atoms with Crippen LogP contribution in [0.3, 0.4) is 0 Å². The van der Waals surface area contributed by atoms with Crippen molar-refractivity contribution in [2.75, 3.05) is 13.2 Å². The summed E-state index contributed by atoms with van der Waals surface area (Å²) in [5, 5.41) is 3.04. The molecule has 2 amide bonds. The maximum absolute atomic E-state index is 13.7. The monoisotopic (exact) mass is 550 g/mol. The first-order valence-electron chi connectivity index (χ1n) is 12.4. The molecular formula is C30H35BrN2O3. The number of benzene rings is 3. The normalized spacial score (nSPS) is 11.6.